The highest BCUT2D eigenvalue weighted by atomic mass is 16.5. The first-order chi connectivity index (χ1) is 8.65. The number of hydrogen-bond donors (Lipinski definition) is 1. The Hall–Kier alpha value is -1.14. The van der Waals surface area contributed by atoms with Gasteiger partial charge in [0.05, 0.1) is 13.2 Å². The van der Waals surface area contributed by atoms with Gasteiger partial charge in [-0.05, 0) is 6.42 Å². The zero-order valence-electron chi connectivity index (χ0n) is 10.8. The number of carbonyl (C=O) groups is 2. The van der Waals surface area contributed by atoms with Crippen molar-refractivity contribution in [2.45, 2.75) is 32.3 Å². The molecular formula is C12H21NO5. The maximum Gasteiger partial charge on any atom is 0.334 e. The Labute approximate surface area is 107 Å². The average Bonchev–Trinajstić information content (AvgIpc) is 2.38. The summed E-state index contributed by atoms with van der Waals surface area (Å²) in [5, 5.41) is 8.82. The Morgan fingerprint density at radius 2 is 2.22 bits per heavy atom. The van der Waals surface area contributed by atoms with Gasteiger partial charge in [0.25, 0.3) is 0 Å². The van der Waals surface area contributed by atoms with E-state index < -0.39 is 12.1 Å². The number of carbonyl (C=O) groups excluding carboxylic acids is 1. The normalized spacial score (nSPS) is 19.8. The third-order valence-corrected chi connectivity index (χ3v) is 2.81. The number of hydrogen-bond acceptors (Lipinski definition) is 4. The van der Waals surface area contributed by atoms with Gasteiger partial charge in [0, 0.05) is 13.2 Å². The molecular weight excluding hydrogens is 238 g/mol. The molecule has 0 aromatic heterocycles. The molecule has 0 spiro atoms. The number of rotatable bonds is 7. The molecule has 1 amide bonds. The summed E-state index contributed by atoms with van der Waals surface area (Å²) in [5.41, 5.74) is 0. The molecule has 1 atom stereocenters. The van der Waals surface area contributed by atoms with Gasteiger partial charge in [0.2, 0.25) is 5.91 Å². The second-order valence-electron chi connectivity index (χ2n) is 4.30. The summed E-state index contributed by atoms with van der Waals surface area (Å²) in [5.74, 6) is -1.20. The van der Waals surface area contributed by atoms with Gasteiger partial charge in [0.15, 0.2) is 6.10 Å². The Balaban J connectivity index is 2.22. The third kappa shape index (κ3) is 5.01. The maximum atomic E-state index is 11.8. The van der Waals surface area contributed by atoms with E-state index in [1.807, 2.05) is 0 Å². The molecule has 1 aliphatic rings. The van der Waals surface area contributed by atoms with Gasteiger partial charge < -0.3 is 19.5 Å². The van der Waals surface area contributed by atoms with Crippen LogP contribution in [0.1, 0.15) is 26.2 Å². The van der Waals surface area contributed by atoms with Crippen LogP contribution in [0.15, 0.2) is 0 Å². The molecule has 1 unspecified atom stereocenters. The quantitative estimate of drug-likeness (QED) is 0.674. The van der Waals surface area contributed by atoms with Crippen molar-refractivity contribution in [2.24, 2.45) is 0 Å². The Morgan fingerprint density at radius 3 is 2.89 bits per heavy atom. The van der Waals surface area contributed by atoms with E-state index in [0.29, 0.717) is 13.2 Å². The lowest BCUT2D eigenvalue weighted by Gasteiger charge is -2.30. The van der Waals surface area contributed by atoms with Gasteiger partial charge in [-0.15, -0.1) is 0 Å². The van der Waals surface area contributed by atoms with E-state index >= 15 is 0 Å². The van der Waals surface area contributed by atoms with Gasteiger partial charge in [-0.1, -0.05) is 19.8 Å². The molecule has 18 heavy (non-hydrogen) atoms. The van der Waals surface area contributed by atoms with Crippen LogP contribution in [0.4, 0.5) is 0 Å². The van der Waals surface area contributed by atoms with Crippen molar-refractivity contribution in [3.8, 4) is 0 Å². The van der Waals surface area contributed by atoms with E-state index in [1.54, 1.807) is 0 Å². The van der Waals surface area contributed by atoms with Crippen molar-refractivity contribution in [3.63, 3.8) is 0 Å². The summed E-state index contributed by atoms with van der Waals surface area (Å²) < 4.78 is 10.3. The SMILES string of the molecule is CCCCCOCC(=O)N1CCOC(C(=O)O)C1. The van der Waals surface area contributed by atoms with E-state index in [1.165, 1.54) is 4.90 Å². The first-order valence-corrected chi connectivity index (χ1v) is 6.35. The molecule has 0 radical (unpaired) electrons. The molecule has 6 nitrogen and oxygen atoms in total. The van der Waals surface area contributed by atoms with Gasteiger partial charge in [-0.25, -0.2) is 4.79 Å². The summed E-state index contributed by atoms with van der Waals surface area (Å²) in [7, 11) is 0. The van der Waals surface area contributed by atoms with Crippen molar-refractivity contribution >= 4 is 11.9 Å². The molecule has 0 aliphatic carbocycles. The molecule has 6 heteroatoms. The summed E-state index contributed by atoms with van der Waals surface area (Å²) in [4.78, 5) is 24.0. The van der Waals surface area contributed by atoms with Crippen molar-refractivity contribution in [3.05, 3.63) is 0 Å². The van der Waals surface area contributed by atoms with E-state index in [2.05, 4.69) is 6.92 Å². The number of aliphatic carboxylic acids is 1. The van der Waals surface area contributed by atoms with Crippen LogP contribution in [-0.2, 0) is 19.1 Å². The second-order valence-corrected chi connectivity index (χ2v) is 4.30. The van der Waals surface area contributed by atoms with Crippen LogP contribution >= 0.6 is 0 Å². The highest BCUT2D eigenvalue weighted by molar-refractivity contribution is 5.79. The smallest absolute Gasteiger partial charge is 0.334 e. The highest BCUT2D eigenvalue weighted by Crippen LogP contribution is 2.06. The molecule has 1 rings (SSSR count). The number of nitrogens with zero attached hydrogens (tertiary/aromatic N) is 1. The molecule has 1 saturated heterocycles. The summed E-state index contributed by atoms with van der Waals surface area (Å²) in [6.07, 6.45) is 2.24. The molecule has 1 aliphatic heterocycles. The molecule has 1 heterocycles. The lowest BCUT2D eigenvalue weighted by atomic mass is 10.2. The van der Waals surface area contributed by atoms with Gasteiger partial charge in [0.1, 0.15) is 6.61 Å². The van der Waals surface area contributed by atoms with Gasteiger partial charge in [-0.3, -0.25) is 4.79 Å². The van der Waals surface area contributed by atoms with Crippen molar-refractivity contribution in [1.82, 2.24) is 4.90 Å². The monoisotopic (exact) mass is 259 g/mol. The number of amides is 1. The first-order valence-electron chi connectivity index (χ1n) is 6.35. The minimum Gasteiger partial charge on any atom is -0.479 e. The van der Waals surface area contributed by atoms with E-state index in [-0.39, 0.29) is 25.7 Å². The minimum absolute atomic E-state index is 0.0239. The predicted molar refractivity (Wildman–Crippen MR) is 64.3 cm³/mol. The molecule has 0 saturated carbocycles. The molecule has 0 bridgehead atoms. The molecule has 0 aromatic carbocycles. The number of morpholine rings is 1. The lowest BCUT2D eigenvalue weighted by molar-refractivity contribution is -0.160. The van der Waals surface area contributed by atoms with E-state index in [4.69, 9.17) is 14.6 Å². The highest BCUT2D eigenvalue weighted by Gasteiger charge is 2.28. The number of ether oxygens (including phenoxy) is 2. The Bertz CT molecular complexity index is 282. The van der Waals surface area contributed by atoms with E-state index in [9.17, 15) is 9.59 Å². The topological polar surface area (TPSA) is 76.1 Å². The lowest BCUT2D eigenvalue weighted by Crippen LogP contribution is -2.49. The first kappa shape index (κ1) is 14.9. The third-order valence-electron chi connectivity index (χ3n) is 2.81. The predicted octanol–water partition coefficient (Wildman–Crippen LogP) is 0.505. The largest absolute Gasteiger partial charge is 0.479 e. The summed E-state index contributed by atoms with van der Waals surface area (Å²) in [6, 6.07) is 0. The van der Waals surface area contributed by atoms with Crippen molar-refractivity contribution in [1.29, 1.82) is 0 Å². The molecule has 1 N–H and O–H groups in total. The maximum absolute atomic E-state index is 11.8. The Morgan fingerprint density at radius 1 is 1.44 bits per heavy atom. The molecule has 0 aromatic rings. The van der Waals surface area contributed by atoms with Gasteiger partial charge in [-0.2, -0.15) is 0 Å². The van der Waals surface area contributed by atoms with Crippen molar-refractivity contribution < 1.29 is 24.2 Å². The van der Waals surface area contributed by atoms with Crippen LogP contribution in [0.2, 0.25) is 0 Å². The van der Waals surface area contributed by atoms with Crippen molar-refractivity contribution in [2.75, 3.05) is 32.9 Å². The fourth-order valence-corrected chi connectivity index (χ4v) is 1.73. The van der Waals surface area contributed by atoms with Crippen LogP contribution in [0.5, 0.6) is 0 Å². The zero-order chi connectivity index (χ0) is 13.4. The number of carboxylic acid groups (broad SMARTS) is 1. The van der Waals surface area contributed by atoms with Crippen LogP contribution in [0.3, 0.4) is 0 Å². The number of unbranched alkanes of at least 4 members (excludes halogenated alkanes) is 2. The zero-order valence-corrected chi connectivity index (χ0v) is 10.8. The van der Waals surface area contributed by atoms with E-state index in [0.717, 1.165) is 19.3 Å². The number of carboxylic acids is 1. The molecule has 104 valence electrons. The van der Waals surface area contributed by atoms with Crippen LogP contribution in [0.25, 0.3) is 0 Å². The average molecular weight is 259 g/mol. The van der Waals surface area contributed by atoms with Crippen LogP contribution in [0, 0.1) is 0 Å². The standard InChI is InChI=1S/C12H21NO5/c1-2-3-4-6-17-9-11(14)13-5-7-18-10(8-13)12(15)16/h10H,2-9H2,1H3,(H,15,16). The summed E-state index contributed by atoms with van der Waals surface area (Å²) in [6.45, 7) is 3.50. The minimum atomic E-state index is -1.03. The Kier molecular flexibility index (Phi) is 6.67. The fraction of sp³-hybridized carbons (Fsp3) is 0.833. The van der Waals surface area contributed by atoms with Gasteiger partial charge >= 0.3 is 5.97 Å². The fourth-order valence-electron chi connectivity index (χ4n) is 1.73. The van der Waals surface area contributed by atoms with Crippen LogP contribution in [-0.4, -0.2) is 60.9 Å². The molecule has 1 fully saturated rings. The van der Waals surface area contributed by atoms with Crippen LogP contribution < -0.4 is 0 Å². The second kappa shape index (κ2) is 8.05. The summed E-state index contributed by atoms with van der Waals surface area (Å²) >= 11 is 0.